The van der Waals surface area contributed by atoms with Crippen LogP contribution in [0.2, 0.25) is 5.15 Å². The van der Waals surface area contributed by atoms with Crippen molar-refractivity contribution in [2.75, 3.05) is 6.61 Å². The van der Waals surface area contributed by atoms with E-state index in [-0.39, 0.29) is 0 Å². The summed E-state index contributed by atoms with van der Waals surface area (Å²) in [7, 11) is 0. The molecule has 0 aliphatic heterocycles. The van der Waals surface area contributed by atoms with Crippen LogP contribution in [0.1, 0.15) is 57.5 Å². The molecule has 1 heterocycles. The Morgan fingerprint density at radius 2 is 2.06 bits per heavy atom. The molecule has 0 spiro atoms. The number of hydrogen-bond acceptors (Lipinski definition) is 3. The van der Waals surface area contributed by atoms with Crippen LogP contribution in [0.15, 0.2) is 0 Å². The zero-order chi connectivity index (χ0) is 13.3. The smallest absolute Gasteiger partial charge is 0.161 e. The monoisotopic (exact) mass is 380 g/mol. The summed E-state index contributed by atoms with van der Waals surface area (Å²) in [6, 6.07) is 0. The minimum Gasteiger partial charge on any atom is -0.368 e. The fraction of sp³-hybridized carbons (Fsp3) is 0.692. The molecule has 1 saturated carbocycles. The average molecular weight is 381 g/mol. The quantitative estimate of drug-likeness (QED) is 0.565. The largest absolute Gasteiger partial charge is 0.368 e. The molecule has 0 radical (unpaired) electrons. The highest BCUT2D eigenvalue weighted by Gasteiger charge is 2.34. The van der Waals surface area contributed by atoms with Gasteiger partial charge < -0.3 is 4.74 Å². The van der Waals surface area contributed by atoms with Gasteiger partial charge in [0, 0.05) is 12.5 Å². The molecule has 1 aliphatic carbocycles. The van der Waals surface area contributed by atoms with Crippen LogP contribution in [0.5, 0.6) is 0 Å². The molecule has 18 heavy (non-hydrogen) atoms. The van der Waals surface area contributed by atoms with E-state index in [9.17, 15) is 0 Å². The second-order valence-corrected chi connectivity index (χ2v) is 6.27. The van der Waals surface area contributed by atoms with Gasteiger partial charge in [0.1, 0.15) is 10.8 Å². The molecule has 0 N–H and O–H groups in total. The van der Waals surface area contributed by atoms with Crippen LogP contribution in [0.25, 0.3) is 0 Å². The standard InChI is InChI=1S/C13H18ClIN2O/c1-4-13(3,18-5-2)12-16-10(8-6-7-8)9(15)11(14)17-12/h8H,4-7H2,1-3H3. The van der Waals surface area contributed by atoms with Gasteiger partial charge in [-0.1, -0.05) is 18.5 Å². The second-order valence-electron chi connectivity index (χ2n) is 4.83. The molecule has 0 bridgehead atoms. The first kappa shape index (κ1) is 14.5. The molecule has 1 atom stereocenters. The van der Waals surface area contributed by atoms with E-state index in [0.29, 0.717) is 17.7 Å². The summed E-state index contributed by atoms with van der Waals surface area (Å²) in [6.07, 6.45) is 3.25. The van der Waals surface area contributed by atoms with Crippen LogP contribution in [0, 0.1) is 3.57 Å². The third kappa shape index (κ3) is 2.80. The van der Waals surface area contributed by atoms with Crippen molar-refractivity contribution in [2.24, 2.45) is 0 Å². The van der Waals surface area contributed by atoms with Gasteiger partial charge in [0.2, 0.25) is 0 Å². The molecule has 3 nitrogen and oxygen atoms in total. The lowest BCUT2D eigenvalue weighted by Crippen LogP contribution is -2.28. The Balaban J connectivity index is 2.44. The summed E-state index contributed by atoms with van der Waals surface area (Å²) in [5, 5.41) is 0.557. The predicted octanol–water partition coefficient (Wildman–Crippen LogP) is 4.27. The van der Waals surface area contributed by atoms with E-state index in [1.165, 1.54) is 12.8 Å². The van der Waals surface area contributed by atoms with Gasteiger partial charge in [0.25, 0.3) is 0 Å². The minimum atomic E-state index is -0.438. The van der Waals surface area contributed by atoms with Crippen molar-refractivity contribution in [1.82, 2.24) is 9.97 Å². The van der Waals surface area contributed by atoms with Crippen LogP contribution in [-0.2, 0) is 10.3 Å². The maximum absolute atomic E-state index is 6.24. The van der Waals surface area contributed by atoms with Gasteiger partial charge in [-0.2, -0.15) is 0 Å². The third-order valence-corrected chi connectivity index (χ3v) is 5.07. The molecule has 1 aromatic rings. The number of nitrogens with zero attached hydrogens (tertiary/aromatic N) is 2. The number of aromatic nitrogens is 2. The van der Waals surface area contributed by atoms with Crippen molar-refractivity contribution < 1.29 is 4.74 Å². The van der Waals surface area contributed by atoms with Gasteiger partial charge in [0.15, 0.2) is 5.82 Å². The Morgan fingerprint density at radius 3 is 2.56 bits per heavy atom. The molecule has 0 amide bonds. The van der Waals surface area contributed by atoms with Crippen LogP contribution in [-0.4, -0.2) is 16.6 Å². The maximum Gasteiger partial charge on any atom is 0.161 e. The first-order chi connectivity index (χ1) is 8.51. The summed E-state index contributed by atoms with van der Waals surface area (Å²) >= 11 is 8.48. The molecular formula is C13H18ClIN2O. The molecule has 1 fully saturated rings. The molecule has 1 unspecified atom stereocenters. The van der Waals surface area contributed by atoms with Crippen LogP contribution in [0.4, 0.5) is 0 Å². The number of hydrogen-bond donors (Lipinski definition) is 0. The molecular weight excluding hydrogens is 363 g/mol. The van der Waals surface area contributed by atoms with E-state index in [1.54, 1.807) is 0 Å². The zero-order valence-corrected chi connectivity index (χ0v) is 13.9. The first-order valence-electron chi connectivity index (χ1n) is 6.39. The number of ether oxygens (including phenoxy) is 1. The Labute approximate surface area is 127 Å². The number of rotatable bonds is 5. The lowest BCUT2D eigenvalue weighted by molar-refractivity contribution is -0.0392. The molecule has 0 aromatic carbocycles. The normalized spacial score (nSPS) is 18.7. The summed E-state index contributed by atoms with van der Waals surface area (Å²) < 4.78 is 6.82. The molecule has 1 aliphatic rings. The van der Waals surface area contributed by atoms with Crippen molar-refractivity contribution >= 4 is 34.2 Å². The molecule has 1 aromatic heterocycles. The lowest BCUT2D eigenvalue weighted by Gasteiger charge is -2.27. The Hall–Kier alpha value is 0.0600. The third-order valence-electron chi connectivity index (χ3n) is 3.41. The van der Waals surface area contributed by atoms with Crippen LogP contribution in [0.3, 0.4) is 0 Å². The highest BCUT2D eigenvalue weighted by molar-refractivity contribution is 14.1. The van der Waals surface area contributed by atoms with Gasteiger partial charge in [-0.25, -0.2) is 9.97 Å². The molecule has 2 rings (SSSR count). The van der Waals surface area contributed by atoms with Gasteiger partial charge in [-0.05, 0) is 55.7 Å². The maximum atomic E-state index is 6.24. The van der Waals surface area contributed by atoms with E-state index in [4.69, 9.17) is 21.3 Å². The fourth-order valence-electron chi connectivity index (χ4n) is 1.94. The van der Waals surface area contributed by atoms with Crippen LogP contribution >= 0.6 is 34.2 Å². The molecule has 0 saturated heterocycles. The lowest BCUT2D eigenvalue weighted by atomic mass is 10.0. The van der Waals surface area contributed by atoms with Gasteiger partial charge >= 0.3 is 0 Å². The summed E-state index contributed by atoms with van der Waals surface area (Å²) in [5.74, 6) is 1.29. The highest BCUT2D eigenvalue weighted by Crippen LogP contribution is 2.43. The average Bonchev–Trinajstić information content (AvgIpc) is 3.16. The van der Waals surface area contributed by atoms with Gasteiger partial charge in [0.05, 0.1) is 9.26 Å². The van der Waals surface area contributed by atoms with Crippen molar-refractivity contribution in [1.29, 1.82) is 0 Å². The van der Waals surface area contributed by atoms with E-state index in [1.807, 2.05) is 13.8 Å². The van der Waals surface area contributed by atoms with E-state index in [2.05, 4.69) is 34.5 Å². The number of halogens is 2. The first-order valence-corrected chi connectivity index (χ1v) is 7.84. The summed E-state index contributed by atoms with van der Waals surface area (Å²) in [4.78, 5) is 9.16. The van der Waals surface area contributed by atoms with E-state index < -0.39 is 5.60 Å². The predicted molar refractivity (Wildman–Crippen MR) is 81.0 cm³/mol. The van der Waals surface area contributed by atoms with Gasteiger partial charge in [-0.15, -0.1) is 0 Å². The molecule has 100 valence electrons. The molecule has 5 heteroatoms. The van der Waals surface area contributed by atoms with Crippen molar-refractivity contribution in [3.63, 3.8) is 0 Å². The topological polar surface area (TPSA) is 35.0 Å². The SMILES string of the molecule is CCOC(C)(CC)c1nc(Cl)c(I)c(C2CC2)n1. The zero-order valence-electron chi connectivity index (χ0n) is 11.0. The summed E-state index contributed by atoms with van der Waals surface area (Å²) in [5.41, 5.74) is 0.664. The van der Waals surface area contributed by atoms with Crippen molar-refractivity contribution in [3.8, 4) is 0 Å². The van der Waals surface area contributed by atoms with E-state index in [0.717, 1.165) is 21.5 Å². The van der Waals surface area contributed by atoms with Crippen molar-refractivity contribution in [2.45, 2.75) is 51.6 Å². The Morgan fingerprint density at radius 1 is 1.39 bits per heavy atom. The van der Waals surface area contributed by atoms with Gasteiger partial charge in [-0.3, -0.25) is 0 Å². The Bertz CT molecular complexity index is 451. The van der Waals surface area contributed by atoms with Crippen LogP contribution < -0.4 is 0 Å². The van der Waals surface area contributed by atoms with E-state index >= 15 is 0 Å². The fourth-order valence-corrected chi connectivity index (χ4v) is 2.80. The van der Waals surface area contributed by atoms with Crippen molar-refractivity contribution in [3.05, 3.63) is 20.2 Å². The second kappa shape index (κ2) is 5.59. The highest BCUT2D eigenvalue weighted by atomic mass is 127. The minimum absolute atomic E-state index is 0.438. The Kier molecular flexibility index (Phi) is 4.49. The summed E-state index contributed by atoms with van der Waals surface area (Å²) in [6.45, 7) is 6.76.